The van der Waals surface area contributed by atoms with E-state index in [0.717, 1.165) is 0 Å². The lowest BCUT2D eigenvalue weighted by atomic mass is 10.0. The molecule has 1 aliphatic carbocycles. The molecular weight excluding hydrogens is 434 g/mol. The van der Waals surface area contributed by atoms with E-state index in [2.05, 4.69) is 4.98 Å². The number of ketones is 1. The maximum atomic E-state index is 13.1. The summed E-state index contributed by atoms with van der Waals surface area (Å²) in [5.41, 5.74) is 2.12. The number of pyridine rings is 1. The van der Waals surface area contributed by atoms with Crippen molar-refractivity contribution in [1.29, 1.82) is 0 Å². The minimum Gasteiger partial charge on any atom is -0.507 e. The summed E-state index contributed by atoms with van der Waals surface area (Å²) in [6.07, 6.45) is 3.35. The van der Waals surface area contributed by atoms with Crippen LogP contribution in [-0.4, -0.2) is 37.2 Å². The number of aliphatic hydroxyl groups is 1. The van der Waals surface area contributed by atoms with Gasteiger partial charge >= 0.3 is 5.97 Å². The number of carbonyl (C=O) groups is 2. The summed E-state index contributed by atoms with van der Waals surface area (Å²) in [6, 6.07) is 17.8. The van der Waals surface area contributed by atoms with Gasteiger partial charge in [-0.25, -0.2) is 9.78 Å². The van der Waals surface area contributed by atoms with E-state index in [1.54, 1.807) is 54.6 Å². The molecule has 7 nitrogen and oxygen atoms in total. The van der Waals surface area contributed by atoms with Crippen LogP contribution in [0.2, 0.25) is 0 Å². The summed E-state index contributed by atoms with van der Waals surface area (Å²) in [4.78, 5) is 28.7. The second kappa shape index (κ2) is 7.90. The molecule has 0 radical (unpaired) electrons. The van der Waals surface area contributed by atoms with Crippen LogP contribution in [0.3, 0.4) is 0 Å². The monoisotopic (exact) mass is 451 g/mol. The van der Waals surface area contributed by atoms with E-state index < -0.39 is 11.8 Å². The second-order valence-corrected chi connectivity index (χ2v) is 7.82. The van der Waals surface area contributed by atoms with Crippen LogP contribution >= 0.6 is 0 Å². The van der Waals surface area contributed by atoms with Gasteiger partial charge in [-0.2, -0.15) is 0 Å². The van der Waals surface area contributed by atoms with Crippen LogP contribution < -0.4 is 0 Å². The van der Waals surface area contributed by atoms with Gasteiger partial charge in [-0.1, -0.05) is 42.5 Å². The van der Waals surface area contributed by atoms with Crippen molar-refractivity contribution in [2.24, 2.45) is 0 Å². The predicted molar refractivity (Wildman–Crippen MR) is 128 cm³/mol. The molecule has 4 aromatic rings. The smallest absolute Gasteiger partial charge is 0.339 e. The number of carboxylic acid groups (broad SMARTS) is 1. The Bertz CT molecular complexity index is 1580. The Hall–Kier alpha value is -4.91. The highest BCUT2D eigenvalue weighted by Gasteiger charge is 2.33. The maximum absolute atomic E-state index is 13.1. The van der Waals surface area contributed by atoms with E-state index in [4.69, 9.17) is 5.11 Å². The topological polar surface area (TPSA) is 128 Å². The van der Waals surface area contributed by atoms with Crippen molar-refractivity contribution in [2.45, 2.75) is 0 Å². The van der Waals surface area contributed by atoms with Crippen LogP contribution in [0.4, 0.5) is 0 Å². The zero-order valence-corrected chi connectivity index (χ0v) is 17.6. The van der Waals surface area contributed by atoms with Crippen molar-refractivity contribution in [3.05, 3.63) is 100 Å². The molecule has 166 valence electrons. The first-order chi connectivity index (χ1) is 16.3. The third-order valence-electron chi connectivity index (χ3n) is 5.67. The molecule has 0 aliphatic heterocycles. The number of hydrogen-bond donors (Lipinski definition) is 4. The van der Waals surface area contributed by atoms with Crippen molar-refractivity contribution >= 4 is 46.1 Å². The Kier molecular flexibility index (Phi) is 4.87. The van der Waals surface area contributed by atoms with Crippen LogP contribution in [0.25, 0.3) is 34.4 Å². The lowest BCUT2D eigenvalue weighted by molar-refractivity contribution is 0.0693. The van der Waals surface area contributed by atoms with Gasteiger partial charge < -0.3 is 20.4 Å². The summed E-state index contributed by atoms with van der Waals surface area (Å²) >= 11 is 0. The molecular formula is C27H17NO6. The lowest BCUT2D eigenvalue weighted by Gasteiger charge is -2.06. The number of phenols is 1. The fourth-order valence-electron chi connectivity index (χ4n) is 3.97. The molecule has 1 aliphatic rings. The number of fused-ring (bicyclic) bond motifs is 2. The number of carbonyl (C=O) groups excluding carboxylic acids is 1. The molecule has 0 saturated carbocycles. The minimum absolute atomic E-state index is 0.0137. The molecule has 1 aromatic heterocycles. The molecule has 34 heavy (non-hydrogen) atoms. The molecule has 0 fully saturated rings. The van der Waals surface area contributed by atoms with E-state index in [1.165, 1.54) is 18.2 Å². The molecule has 7 heteroatoms. The second-order valence-electron chi connectivity index (χ2n) is 7.82. The SMILES string of the molecule is O=C(O)c1cc(/C=C/c2ccc3c(c2)C(O)=C(c2nc4ccccc4cc2O)C3=O)ccc1O. The van der Waals surface area contributed by atoms with Crippen molar-refractivity contribution < 1.29 is 30.0 Å². The highest BCUT2D eigenvalue weighted by atomic mass is 16.4. The maximum Gasteiger partial charge on any atom is 0.339 e. The number of rotatable bonds is 4. The molecule has 0 bridgehead atoms. The molecule has 1 heterocycles. The van der Waals surface area contributed by atoms with Gasteiger partial charge in [0.1, 0.15) is 28.5 Å². The van der Waals surface area contributed by atoms with Crippen LogP contribution in [0.15, 0.2) is 66.7 Å². The highest BCUT2D eigenvalue weighted by Crippen LogP contribution is 2.40. The Balaban J connectivity index is 1.53. The van der Waals surface area contributed by atoms with E-state index in [1.807, 2.05) is 6.07 Å². The first-order valence-electron chi connectivity index (χ1n) is 10.3. The van der Waals surface area contributed by atoms with Gasteiger partial charge in [-0.05, 0) is 47.5 Å². The highest BCUT2D eigenvalue weighted by molar-refractivity contribution is 6.39. The number of nitrogens with zero attached hydrogens (tertiary/aromatic N) is 1. The quantitative estimate of drug-likeness (QED) is 0.316. The van der Waals surface area contributed by atoms with Crippen molar-refractivity contribution in [1.82, 2.24) is 4.98 Å². The number of carboxylic acids is 1. The summed E-state index contributed by atoms with van der Waals surface area (Å²) < 4.78 is 0. The molecule has 5 rings (SSSR count). The predicted octanol–water partition coefficient (Wildman–Crippen LogP) is 5.14. The molecule has 0 saturated heterocycles. The van der Waals surface area contributed by atoms with E-state index in [9.17, 15) is 24.9 Å². The van der Waals surface area contributed by atoms with Gasteiger partial charge in [0, 0.05) is 16.5 Å². The molecule has 4 N–H and O–H groups in total. The number of aromatic hydroxyl groups is 2. The van der Waals surface area contributed by atoms with E-state index in [0.29, 0.717) is 27.6 Å². The van der Waals surface area contributed by atoms with Crippen LogP contribution in [0.1, 0.15) is 43.1 Å². The summed E-state index contributed by atoms with van der Waals surface area (Å²) in [5, 5.41) is 40.9. The number of Topliss-reactive ketones (excluding diaryl/α,β-unsaturated/α-hetero) is 1. The van der Waals surface area contributed by atoms with Crippen LogP contribution in [0.5, 0.6) is 11.5 Å². The van der Waals surface area contributed by atoms with E-state index in [-0.39, 0.29) is 39.7 Å². The average molecular weight is 451 g/mol. The molecule has 3 aromatic carbocycles. The third-order valence-corrected chi connectivity index (χ3v) is 5.67. The van der Waals surface area contributed by atoms with Gasteiger partial charge in [-0.15, -0.1) is 0 Å². The zero-order valence-electron chi connectivity index (χ0n) is 17.6. The summed E-state index contributed by atoms with van der Waals surface area (Å²) in [6.45, 7) is 0. The molecule has 0 unspecified atom stereocenters. The Morgan fingerprint density at radius 2 is 1.50 bits per heavy atom. The van der Waals surface area contributed by atoms with Gasteiger partial charge in [0.05, 0.1) is 11.1 Å². The lowest BCUT2D eigenvalue weighted by Crippen LogP contribution is -2.01. The van der Waals surface area contributed by atoms with Gasteiger partial charge in [0.25, 0.3) is 0 Å². The number of hydrogen-bond acceptors (Lipinski definition) is 6. The van der Waals surface area contributed by atoms with Crippen molar-refractivity contribution in [3.8, 4) is 11.5 Å². The number of allylic oxidation sites excluding steroid dienone is 1. The van der Waals surface area contributed by atoms with Crippen molar-refractivity contribution in [3.63, 3.8) is 0 Å². The van der Waals surface area contributed by atoms with Crippen LogP contribution in [-0.2, 0) is 0 Å². The number of benzene rings is 3. The first-order valence-corrected chi connectivity index (χ1v) is 10.3. The van der Waals surface area contributed by atoms with Crippen molar-refractivity contribution in [2.75, 3.05) is 0 Å². The summed E-state index contributed by atoms with van der Waals surface area (Å²) in [5.74, 6) is -2.48. The van der Waals surface area contributed by atoms with E-state index >= 15 is 0 Å². The minimum atomic E-state index is -1.24. The average Bonchev–Trinajstić information content (AvgIpc) is 3.07. The standard InChI is InChI=1S/C27H17NO6/c29-21-10-8-15(12-19(21)27(33)34)6-5-14-7-9-17-18(11-14)26(32)23(25(17)31)24-22(30)13-16-3-1-2-4-20(16)28-24/h1-13,29-30,32H,(H,33,34)/b6-5+. The van der Waals surface area contributed by atoms with Gasteiger partial charge in [-0.3, -0.25) is 4.79 Å². The Morgan fingerprint density at radius 1 is 0.794 bits per heavy atom. The molecule has 0 spiro atoms. The number of aromatic carboxylic acids is 1. The van der Waals surface area contributed by atoms with Gasteiger partial charge in [0.15, 0.2) is 5.78 Å². The Morgan fingerprint density at radius 3 is 2.26 bits per heavy atom. The zero-order chi connectivity index (χ0) is 24.0. The first kappa shape index (κ1) is 21.0. The fourth-order valence-corrected chi connectivity index (χ4v) is 3.97. The third kappa shape index (κ3) is 3.45. The number of aromatic nitrogens is 1. The largest absolute Gasteiger partial charge is 0.507 e. The molecule has 0 amide bonds. The number of aliphatic hydroxyl groups excluding tert-OH is 1. The molecule has 0 atom stereocenters. The fraction of sp³-hybridized carbons (Fsp3) is 0. The Labute approximate surface area is 193 Å². The number of para-hydroxylation sites is 1. The normalized spacial score (nSPS) is 13.1. The van der Waals surface area contributed by atoms with Crippen LogP contribution in [0, 0.1) is 0 Å². The van der Waals surface area contributed by atoms with Gasteiger partial charge in [0.2, 0.25) is 0 Å². The summed E-state index contributed by atoms with van der Waals surface area (Å²) in [7, 11) is 0.